The summed E-state index contributed by atoms with van der Waals surface area (Å²) in [5, 5.41) is 15.5. The van der Waals surface area contributed by atoms with Gasteiger partial charge in [0.25, 0.3) is 5.91 Å². The van der Waals surface area contributed by atoms with E-state index in [-0.39, 0.29) is 30.6 Å². The normalized spacial score (nSPS) is 34.3. The molecule has 5 nitrogen and oxygen atoms in total. The summed E-state index contributed by atoms with van der Waals surface area (Å²) in [6, 6.07) is 0.117. The average molecular weight is 242 g/mol. The minimum absolute atomic E-state index is 0.0393. The van der Waals surface area contributed by atoms with Crippen molar-refractivity contribution in [3.05, 3.63) is 0 Å². The van der Waals surface area contributed by atoms with Gasteiger partial charge in [0, 0.05) is 31.7 Å². The number of carbonyl (C=O) groups is 1. The van der Waals surface area contributed by atoms with Crippen molar-refractivity contribution in [2.45, 2.75) is 37.8 Å². The van der Waals surface area contributed by atoms with E-state index in [1.807, 2.05) is 0 Å². The van der Waals surface area contributed by atoms with Gasteiger partial charge in [-0.3, -0.25) is 4.79 Å². The van der Waals surface area contributed by atoms with E-state index in [0.717, 1.165) is 32.2 Å². The fraction of sp³-hybridized carbons (Fsp3) is 0.917. The molecule has 0 spiro atoms. The van der Waals surface area contributed by atoms with Gasteiger partial charge in [0.1, 0.15) is 6.10 Å². The molecule has 0 aromatic carbocycles. The van der Waals surface area contributed by atoms with Gasteiger partial charge in [0.05, 0.1) is 6.61 Å². The third-order valence-corrected chi connectivity index (χ3v) is 3.69. The predicted molar refractivity (Wildman–Crippen MR) is 63.6 cm³/mol. The Hall–Kier alpha value is -0.650. The average Bonchev–Trinajstić information content (AvgIpc) is 2.40. The first-order chi connectivity index (χ1) is 8.31. The summed E-state index contributed by atoms with van der Waals surface area (Å²) < 4.78 is 5.41. The Kier molecular flexibility index (Phi) is 4.76. The fourth-order valence-corrected chi connectivity index (χ4v) is 2.63. The lowest BCUT2D eigenvalue weighted by atomic mass is 9.85. The molecule has 3 unspecified atom stereocenters. The number of hydrogen-bond donors (Lipinski definition) is 3. The third-order valence-electron chi connectivity index (χ3n) is 3.69. The Labute approximate surface area is 102 Å². The van der Waals surface area contributed by atoms with Crippen LogP contribution in [0.2, 0.25) is 0 Å². The molecule has 1 saturated heterocycles. The highest BCUT2D eigenvalue weighted by atomic mass is 16.5. The molecule has 0 aromatic heterocycles. The molecule has 1 amide bonds. The molecular weight excluding hydrogens is 220 g/mol. The van der Waals surface area contributed by atoms with Gasteiger partial charge in [0.15, 0.2) is 0 Å². The maximum absolute atomic E-state index is 12.0. The summed E-state index contributed by atoms with van der Waals surface area (Å²) in [6.45, 7) is 2.15. The zero-order valence-corrected chi connectivity index (χ0v) is 10.2. The molecule has 1 aliphatic carbocycles. The summed E-state index contributed by atoms with van der Waals surface area (Å²) in [5.41, 5.74) is 0. The predicted octanol–water partition coefficient (Wildman–Crippen LogP) is -0.358. The van der Waals surface area contributed by atoms with Crippen LogP contribution < -0.4 is 10.6 Å². The van der Waals surface area contributed by atoms with E-state index >= 15 is 0 Å². The number of amides is 1. The van der Waals surface area contributed by atoms with Crippen LogP contribution in [0.25, 0.3) is 0 Å². The van der Waals surface area contributed by atoms with E-state index in [2.05, 4.69) is 10.6 Å². The maximum atomic E-state index is 12.0. The summed E-state index contributed by atoms with van der Waals surface area (Å²) >= 11 is 0. The molecule has 2 rings (SSSR count). The second-order valence-electron chi connectivity index (χ2n) is 4.91. The number of hydrogen-bond acceptors (Lipinski definition) is 4. The van der Waals surface area contributed by atoms with Crippen molar-refractivity contribution in [1.29, 1.82) is 0 Å². The molecule has 1 aliphatic heterocycles. The highest BCUT2D eigenvalue weighted by molar-refractivity contribution is 5.81. The van der Waals surface area contributed by atoms with Crippen molar-refractivity contribution in [1.82, 2.24) is 10.6 Å². The van der Waals surface area contributed by atoms with Crippen LogP contribution in [0.4, 0.5) is 0 Å². The Morgan fingerprint density at radius 1 is 1.41 bits per heavy atom. The van der Waals surface area contributed by atoms with Crippen LogP contribution in [-0.2, 0) is 9.53 Å². The minimum atomic E-state index is -0.370. The largest absolute Gasteiger partial charge is 0.396 e. The van der Waals surface area contributed by atoms with Crippen molar-refractivity contribution >= 4 is 5.91 Å². The van der Waals surface area contributed by atoms with Crippen LogP contribution in [0.3, 0.4) is 0 Å². The monoisotopic (exact) mass is 242 g/mol. The van der Waals surface area contributed by atoms with Gasteiger partial charge in [-0.25, -0.2) is 0 Å². The highest BCUT2D eigenvalue weighted by Crippen LogP contribution is 2.24. The summed E-state index contributed by atoms with van der Waals surface area (Å²) in [5.74, 6) is 0.173. The molecule has 3 N–H and O–H groups in total. The molecular formula is C12H22N2O3. The van der Waals surface area contributed by atoms with Crippen molar-refractivity contribution in [2.75, 3.05) is 26.3 Å². The van der Waals surface area contributed by atoms with E-state index < -0.39 is 0 Å². The van der Waals surface area contributed by atoms with Crippen LogP contribution in [0.5, 0.6) is 0 Å². The number of aliphatic hydroxyl groups excluding tert-OH is 1. The highest BCUT2D eigenvalue weighted by Gasteiger charge is 2.29. The molecule has 17 heavy (non-hydrogen) atoms. The topological polar surface area (TPSA) is 70.6 Å². The first kappa shape index (κ1) is 12.8. The van der Waals surface area contributed by atoms with Gasteiger partial charge >= 0.3 is 0 Å². The number of nitrogens with one attached hydrogen (secondary N) is 2. The Balaban J connectivity index is 1.83. The van der Waals surface area contributed by atoms with Gasteiger partial charge in [-0.15, -0.1) is 0 Å². The molecule has 98 valence electrons. The summed E-state index contributed by atoms with van der Waals surface area (Å²) in [7, 11) is 0. The molecule has 5 heteroatoms. The number of rotatable bonds is 3. The minimum Gasteiger partial charge on any atom is -0.396 e. The van der Waals surface area contributed by atoms with Crippen molar-refractivity contribution in [2.24, 2.45) is 5.92 Å². The Morgan fingerprint density at radius 2 is 2.24 bits per heavy atom. The lowest BCUT2D eigenvalue weighted by Gasteiger charge is -2.32. The molecule has 0 radical (unpaired) electrons. The fourth-order valence-electron chi connectivity index (χ4n) is 2.63. The van der Waals surface area contributed by atoms with E-state index in [4.69, 9.17) is 4.74 Å². The molecule has 0 bridgehead atoms. The first-order valence-electron chi connectivity index (χ1n) is 6.55. The second-order valence-corrected chi connectivity index (χ2v) is 4.91. The Bertz CT molecular complexity index is 254. The SMILES string of the molecule is O=C(NC1CCCCC1CO)C1CNCCO1. The van der Waals surface area contributed by atoms with E-state index in [1.54, 1.807) is 0 Å². The smallest absolute Gasteiger partial charge is 0.250 e. The van der Waals surface area contributed by atoms with Crippen LogP contribution in [0.1, 0.15) is 25.7 Å². The number of morpholine rings is 1. The van der Waals surface area contributed by atoms with E-state index in [1.165, 1.54) is 0 Å². The van der Waals surface area contributed by atoms with Gasteiger partial charge in [-0.2, -0.15) is 0 Å². The van der Waals surface area contributed by atoms with E-state index in [9.17, 15) is 9.90 Å². The molecule has 2 fully saturated rings. The van der Waals surface area contributed by atoms with Crippen molar-refractivity contribution < 1.29 is 14.6 Å². The third kappa shape index (κ3) is 3.40. The first-order valence-corrected chi connectivity index (χ1v) is 6.55. The lowest BCUT2D eigenvalue weighted by Crippen LogP contribution is -2.52. The number of ether oxygens (including phenoxy) is 1. The second kappa shape index (κ2) is 6.33. The molecule has 3 atom stereocenters. The number of carbonyl (C=O) groups excluding carboxylic acids is 1. The quantitative estimate of drug-likeness (QED) is 0.632. The molecule has 1 heterocycles. The standard InChI is InChI=1S/C12H22N2O3/c15-8-9-3-1-2-4-10(9)14-12(16)11-7-13-5-6-17-11/h9-11,13,15H,1-8H2,(H,14,16). The van der Waals surface area contributed by atoms with Gasteiger partial charge in [0.2, 0.25) is 0 Å². The zero-order chi connectivity index (χ0) is 12.1. The van der Waals surface area contributed by atoms with Crippen LogP contribution >= 0.6 is 0 Å². The van der Waals surface area contributed by atoms with Crippen LogP contribution in [0.15, 0.2) is 0 Å². The zero-order valence-electron chi connectivity index (χ0n) is 10.2. The summed E-state index contributed by atoms with van der Waals surface area (Å²) in [6.07, 6.45) is 3.89. The molecule has 0 aromatic rings. The molecule has 2 aliphatic rings. The Morgan fingerprint density at radius 3 is 2.94 bits per heavy atom. The van der Waals surface area contributed by atoms with E-state index in [0.29, 0.717) is 13.2 Å². The van der Waals surface area contributed by atoms with Crippen LogP contribution in [0, 0.1) is 5.92 Å². The van der Waals surface area contributed by atoms with Gasteiger partial charge < -0.3 is 20.5 Å². The molecule has 1 saturated carbocycles. The number of aliphatic hydroxyl groups is 1. The van der Waals surface area contributed by atoms with Crippen molar-refractivity contribution in [3.8, 4) is 0 Å². The lowest BCUT2D eigenvalue weighted by molar-refractivity contribution is -0.135. The van der Waals surface area contributed by atoms with Gasteiger partial charge in [-0.05, 0) is 12.8 Å². The van der Waals surface area contributed by atoms with Crippen molar-refractivity contribution in [3.63, 3.8) is 0 Å². The maximum Gasteiger partial charge on any atom is 0.250 e. The summed E-state index contributed by atoms with van der Waals surface area (Å²) in [4.78, 5) is 12.0. The van der Waals surface area contributed by atoms with Gasteiger partial charge in [-0.1, -0.05) is 12.8 Å². The van der Waals surface area contributed by atoms with Crippen LogP contribution in [-0.4, -0.2) is 49.5 Å².